The second-order valence-corrected chi connectivity index (χ2v) is 11.5. The van der Waals surface area contributed by atoms with Crippen LogP contribution < -0.4 is 9.47 Å². The van der Waals surface area contributed by atoms with Gasteiger partial charge in [-0.05, 0) is 96.4 Å². The van der Waals surface area contributed by atoms with Crippen molar-refractivity contribution >= 4 is 5.78 Å². The van der Waals surface area contributed by atoms with E-state index in [-0.39, 0.29) is 35.9 Å². The standard InChI is InChI=1S/C33H44O6/c1-20(2)9-8-10-21(3)11-13-26-25(14-12-22(4)32(26)38-7)28-18-27(35)30-29(39-28)17-23(19-34)24(31(30)36)15-16-33(5,6)37/h9,11-12,14,17,28,34,36-37H,8,10,13,15-16,18-19H2,1-7H3/b21-11+/t28-/m0/s1. The minimum atomic E-state index is -0.944. The zero-order chi connectivity index (χ0) is 28.9. The SMILES string of the molecule is COc1c(C)ccc([C@@H]2CC(=O)c3c(cc(CO)c(CCC(C)(C)O)c3O)O2)c1C/C=C(\C)CCC=C(C)C. The molecule has 212 valence electrons. The quantitative estimate of drug-likeness (QED) is 0.272. The summed E-state index contributed by atoms with van der Waals surface area (Å²) < 4.78 is 12.2. The Morgan fingerprint density at radius 2 is 1.90 bits per heavy atom. The number of aryl methyl sites for hydroxylation is 1. The number of Topliss-reactive ketones (excluding diaryl/α,β-unsaturated/α-hetero) is 1. The van der Waals surface area contributed by atoms with Crippen molar-refractivity contribution in [2.24, 2.45) is 0 Å². The molecule has 0 spiro atoms. The lowest BCUT2D eigenvalue weighted by atomic mass is 9.87. The summed E-state index contributed by atoms with van der Waals surface area (Å²) in [5.74, 6) is 0.667. The van der Waals surface area contributed by atoms with Crippen molar-refractivity contribution in [1.82, 2.24) is 0 Å². The molecule has 3 N–H and O–H groups in total. The average molecular weight is 537 g/mol. The summed E-state index contributed by atoms with van der Waals surface area (Å²) in [6.07, 6.45) is 7.28. The number of rotatable bonds is 11. The molecule has 0 saturated heterocycles. The summed E-state index contributed by atoms with van der Waals surface area (Å²) in [5, 5.41) is 31.3. The minimum Gasteiger partial charge on any atom is -0.507 e. The monoisotopic (exact) mass is 536 g/mol. The highest BCUT2D eigenvalue weighted by Gasteiger charge is 2.34. The number of benzene rings is 2. The van der Waals surface area contributed by atoms with E-state index in [1.54, 1.807) is 27.0 Å². The summed E-state index contributed by atoms with van der Waals surface area (Å²) in [5.41, 5.74) is 5.61. The predicted octanol–water partition coefficient (Wildman–Crippen LogP) is 6.85. The van der Waals surface area contributed by atoms with Crippen molar-refractivity contribution in [2.45, 2.75) is 98.4 Å². The molecular weight excluding hydrogens is 492 g/mol. The first-order chi connectivity index (χ1) is 18.4. The molecule has 1 heterocycles. The normalized spacial score (nSPS) is 15.6. The Morgan fingerprint density at radius 1 is 1.18 bits per heavy atom. The van der Waals surface area contributed by atoms with E-state index in [2.05, 4.69) is 32.9 Å². The van der Waals surface area contributed by atoms with Gasteiger partial charge >= 0.3 is 0 Å². The van der Waals surface area contributed by atoms with Gasteiger partial charge in [0.25, 0.3) is 0 Å². The molecule has 39 heavy (non-hydrogen) atoms. The predicted molar refractivity (Wildman–Crippen MR) is 155 cm³/mol. The summed E-state index contributed by atoms with van der Waals surface area (Å²) in [6, 6.07) is 5.62. The number of hydrogen-bond donors (Lipinski definition) is 3. The lowest BCUT2D eigenvalue weighted by Crippen LogP contribution is -2.23. The number of ketones is 1. The van der Waals surface area contributed by atoms with Crippen molar-refractivity contribution < 1.29 is 29.6 Å². The van der Waals surface area contributed by atoms with Crippen LogP contribution in [0.1, 0.15) is 105 Å². The van der Waals surface area contributed by atoms with Crippen molar-refractivity contribution in [2.75, 3.05) is 7.11 Å². The lowest BCUT2D eigenvalue weighted by Gasteiger charge is -2.30. The molecule has 0 unspecified atom stereocenters. The number of carbonyl (C=O) groups is 1. The van der Waals surface area contributed by atoms with Crippen LogP contribution in [0.25, 0.3) is 0 Å². The number of aliphatic hydroxyl groups excluding tert-OH is 1. The molecule has 0 radical (unpaired) electrons. The summed E-state index contributed by atoms with van der Waals surface area (Å²) >= 11 is 0. The number of phenols is 1. The van der Waals surface area contributed by atoms with E-state index in [0.717, 1.165) is 35.3 Å². The first kappa shape index (κ1) is 30.5. The number of allylic oxidation sites excluding steroid dienone is 4. The van der Waals surface area contributed by atoms with Crippen LogP contribution in [-0.4, -0.2) is 33.8 Å². The van der Waals surface area contributed by atoms with Crippen LogP contribution in [-0.2, 0) is 19.4 Å². The Hall–Kier alpha value is -3.09. The van der Waals surface area contributed by atoms with Gasteiger partial charge in [-0.15, -0.1) is 0 Å². The fourth-order valence-electron chi connectivity index (χ4n) is 5.11. The molecule has 0 fully saturated rings. The summed E-state index contributed by atoms with van der Waals surface area (Å²) in [7, 11) is 1.66. The van der Waals surface area contributed by atoms with Gasteiger partial charge in [-0.3, -0.25) is 4.79 Å². The molecule has 2 aromatic rings. The number of aliphatic hydroxyl groups is 2. The van der Waals surface area contributed by atoms with Crippen molar-refractivity contribution in [3.63, 3.8) is 0 Å². The largest absolute Gasteiger partial charge is 0.507 e. The van der Waals surface area contributed by atoms with Gasteiger partial charge < -0.3 is 24.8 Å². The van der Waals surface area contributed by atoms with Gasteiger partial charge in [0.2, 0.25) is 0 Å². The summed E-state index contributed by atoms with van der Waals surface area (Å²) in [4.78, 5) is 13.4. The minimum absolute atomic E-state index is 0.0758. The Balaban J connectivity index is 1.98. The highest BCUT2D eigenvalue weighted by atomic mass is 16.5. The van der Waals surface area contributed by atoms with Crippen LogP contribution in [0.2, 0.25) is 0 Å². The van der Waals surface area contributed by atoms with Gasteiger partial charge in [0.05, 0.1) is 25.7 Å². The van der Waals surface area contributed by atoms with Gasteiger partial charge in [0, 0.05) is 11.1 Å². The molecule has 0 aromatic heterocycles. The third-order valence-corrected chi connectivity index (χ3v) is 7.33. The molecular formula is C33H44O6. The fraction of sp³-hybridized carbons (Fsp3) is 0.485. The third kappa shape index (κ3) is 7.52. The first-order valence-electron chi connectivity index (χ1n) is 13.7. The van der Waals surface area contributed by atoms with Gasteiger partial charge in [-0.25, -0.2) is 0 Å². The third-order valence-electron chi connectivity index (χ3n) is 7.33. The maximum atomic E-state index is 13.4. The highest BCUT2D eigenvalue weighted by molar-refractivity contribution is 6.03. The van der Waals surface area contributed by atoms with Gasteiger partial charge in [-0.2, -0.15) is 0 Å². The van der Waals surface area contributed by atoms with E-state index in [0.29, 0.717) is 30.4 Å². The Bertz CT molecular complexity index is 1260. The van der Waals surface area contributed by atoms with E-state index in [1.807, 2.05) is 19.1 Å². The maximum Gasteiger partial charge on any atom is 0.174 e. The Labute approximate surface area is 233 Å². The maximum absolute atomic E-state index is 13.4. The number of aromatic hydroxyl groups is 1. The second-order valence-electron chi connectivity index (χ2n) is 11.5. The van der Waals surface area contributed by atoms with E-state index in [9.17, 15) is 20.1 Å². The van der Waals surface area contributed by atoms with E-state index in [4.69, 9.17) is 9.47 Å². The van der Waals surface area contributed by atoms with Crippen LogP contribution in [0.3, 0.4) is 0 Å². The Kier molecular flexibility index (Phi) is 10.0. The van der Waals surface area contributed by atoms with Crippen LogP contribution in [0.4, 0.5) is 0 Å². The molecule has 6 heteroatoms. The van der Waals surface area contributed by atoms with E-state index in [1.165, 1.54) is 11.1 Å². The zero-order valence-electron chi connectivity index (χ0n) is 24.5. The van der Waals surface area contributed by atoms with Crippen molar-refractivity contribution in [3.05, 3.63) is 74.9 Å². The lowest BCUT2D eigenvalue weighted by molar-refractivity contribution is 0.0710. The molecule has 0 amide bonds. The molecule has 1 aliphatic rings. The number of carbonyl (C=O) groups excluding carboxylic acids is 1. The van der Waals surface area contributed by atoms with Crippen LogP contribution in [0.15, 0.2) is 41.5 Å². The fourth-order valence-corrected chi connectivity index (χ4v) is 5.11. The molecule has 1 aliphatic heterocycles. The molecule has 0 saturated carbocycles. The topological polar surface area (TPSA) is 96.2 Å². The van der Waals surface area contributed by atoms with Crippen LogP contribution in [0, 0.1) is 6.92 Å². The number of phenolic OH excluding ortho intramolecular Hbond substituents is 1. The number of hydrogen-bond acceptors (Lipinski definition) is 6. The highest BCUT2D eigenvalue weighted by Crippen LogP contribution is 2.45. The summed E-state index contributed by atoms with van der Waals surface area (Å²) in [6.45, 7) is 11.4. The van der Waals surface area contributed by atoms with Crippen molar-refractivity contribution in [3.8, 4) is 17.2 Å². The molecule has 2 aromatic carbocycles. The zero-order valence-corrected chi connectivity index (χ0v) is 24.5. The number of ether oxygens (including phenoxy) is 2. The molecule has 3 rings (SSSR count). The number of fused-ring (bicyclic) bond motifs is 1. The van der Waals surface area contributed by atoms with Gasteiger partial charge in [0.15, 0.2) is 5.78 Å². The van der Waals surface area contributed by atoms with Crippen LogP contribution in [0.5, 0.6) is 17.2 Å². The number of methoxy groups -OCH3 is 1. The van der Waals surface area contributed by atoms with Crippen LogP contribution >= 0.6 is 0 Å². The van der Waals surface area contributed by atoms with Gasteiger partial charge in [-0.1, -0.05) is 35.4 Å². The molecule has 0 bridgehead atoms. The van der Waals surface area contributed by atoms with Gasteiger partial charge in [0.1, 0.15) is 28.9 Å². The van der Waals surface area contributed by atoms with E-state index < -0.39 is 11.7 Å². The second kappa shape index (κ2) is 12.8. The molecule has 6 nitrogen and oxygen atoms in total. The molecule has 0 aliphatic carbocycles. The van der Waals surface area contributed by atoms with Crippen molar-refractivity contribution in [1.29, 1.82) is 0 Å². The Morgan fingerprint density at radius 3 is 2.51 bits per heavy atom. The average Bonchev–Trinajstić information content (AvgIpc) is 2.85. The molecule has 1 atom stereocenters. The van der Waals surface area contributed by atoms with E-state index >= 15 is 0 Å². The first-order valence-corrected chi connectivity index (χ1v) is 13.7. The smallest absolute Gasteiger partial charge is 0.174 e.